The summed E-state index contributed by atoms with van der Waals surface area (Å²) in [6.45, 7) is 1.24. The maximum absolute atomic E-state index is 11.9. The van der Waals surface area contributed by atoms with E-state index in [2.05, 4.69) is 17.6 Å². The molecular weight excluding hydrogens is 354 g/mol. The van der Waals surface area contributed by atoms with Gasteiger partial charge < -0.3 is 15.4 Å². The Balaban J connectivity index is 1.72. The van der Waals surface area contributed by atoms with E-state index in [-0.39, 0.29) is 23.2 Å². The molecule has 0 spiro atoms. The second-order valence-electron chi connectivity index (χ2n) is 6.59. The van der Waals surface area contributed by atoms with Crippen LogP contribution in [0.3, 0.4) is 0 Å². The topological polar surface area (TPSA) is 128 Å². The van der Waals surface area contributed by atoms with Crippen molar-refractivity contribution in [2.75, 3.05) is 13.2 Å². The molecule has 0 bridgehead atoms. The Morgan fingerprint density at radius 2 is 2.00 bits per heavy atom. The van der Waals surface area contributed by atoms with Crippen LogP contribution in [0, 0.1) is 16.0 Å². The van der Waals surface area contributed by atoms with Crippen molar-refractivity contribution < 1.29 is 24.0 Å². The molecule has 9 nitrogen and oxygen atoms in total. The van der Waals surface area contributed by atoms with Gasteiger partial charge >= 0.3 is 5.97 Å². The first kappa shape index (κ1) is 20.3. The fraction of sp³-hybridized carbons (Fsp3) is 0.500. The highest BCUT2D eigenvalue weighted by Gasteiger charge is 2.23. The standard InChI is InChI=1S/C18H23N3O6/c1-12-5-2-3-8-15(12)20-16(22)11-27-17(23)10-19-18(24)13-6-4-7-14(9-13)21(25)26/h4,6-7,9,12,15H,2-3,5,8,10-11H2,1H3,(H,19,24)(H,20,22)/t12-,15-/m0/s1. The number of nitrogens with one attached hydrogen (secondary N) is 2. The Morgan fingerprint density at radius 1 is 1.26 bits per heavy atom. The molecule has 1 aliphatic rings. The van der Waals surface area contributed by atoms with Gasteiger partial charge in [-0.05, 0) is 24.8 Å². The predicted molar refractivity (Wildman–Crippen MR) is 96.0 cm³/mol. The first-order chi connectivity index (χ1) is 12.9. The van der Waals surface area contributed by atoms with Gasteiger partial charge in [-0.3, -0.25) is 24.5 Å². The minimum absolute atomic E-state index is 0.0565. The quantitative estimate of drug-likeness (QED) is 0.422. The van der Waals surface area contributed by atoms with E-state index in [1.165, 1.54) is 18.2 Å². The van der Waals surface area contributed by atoms with Crippen molar-refractivity contribution in [3.05, 3.63) is 39.9 Å². The van der Waals surface area contributed by atoms with Gasteiger partial charge in [0.05, 0.1) is 4.92 Å². The van der Waals surface area contributed by atoms with E-state index in [0.717, 1.165) is 31.7 Å². The van der Waals surface area contributed by atoms with E-state index in [1.54, 1.807) is 0 Å². The average molecular weight is 377 g/mol. The molecule has 27 heavy (non-hydrogen) atoms. The molecule has 0 aromatic heterocycles. The van der Waals surface area contributed by atoms with Crippen LogP contribution in [0.2, 0.25) is 0 Å². The van der Waals surface area contributed by atoms with Crippen LogP contribution >= 0.6 is 0 Å². The van der Waals surface area contributed by atoms with Gasteiger partial charge in [0.2, 0.25) is 0 Å². The Hall–Kier alpha value is -2.97. The summed E-state index contributed by atoms with van der Waals surface area (Å²) in [6.07, 6.45) is 4.21. The number of esters is 1. The monoisotopic (exact) mass is 377 g/mol. The molecule has 1 aromatic rings. The molecule has 1 saturated carbocycles. The number of amides is 2. The lowest BCUT2D eigenvalue weighted by Gasteiger charge is -2.29. The van der Waals surface area contributed by atoms with Crippen molar-refractivity contribution in [1.29, 1.82) is 0 Å². The number of hydrogen-bond donors (Lipinski definition) is 2. The third kappa shape index (κ3) is 6.36. The van der Waals surface area contributed by atoms with Gasteiger partial charge in [-0.1, -0.05) is 25.8 Å². The summed E-state index contributed by atoms with van der Waals surface area (Å²) in [5.41, 5.74) is -0.167. The van der Waals surface area contributed by atoms with Crippen molar-refractivity contribution in [2.45, 2.75) is 38.6 Å². The number of benzene rings is 1. The van der Waals surface area contributed by atoms with Crippen molar-refractivity contribution in [2.24, 2.45) is 5.92 Å². The number of hydrogen-bond acceptors (Lipinski definition) is 6. The highest BCUT2D eigenvalue weighted by molar-refractivity contribution is 5.96. The van der Waals surface area contributed by atoms with Gasteiger partial charge in [0.1, 0.15) is 6.54 Å². The second-order valence-corrected chi connectivity index (χ2v) is 6.59. The Morgan fingerprint density at radius 3 is 2.70 bits per heavy atom. The van der Waals surface area contributed by atoms with Gasteiger partial charge in [-0.25, -0.2) is 0 Å². The van der Waals surface area contributed by atoms with Crippen LogP contribution in [-0.2, 0) is 14.3 Å². The summed E-state index contributed by atoms with van der Waals surface area (Å²) in [5, 5.41) is 15.9. The molecule has 1 aliphatic carbocycles. The Bertz CT molecular complexity index is 721. The fourth-order valence-corrected chi connectivity index (χ4v) is 2.99. The van der Waals surface area contributed by atoms with E-state index in [9.17, 15) is 24.5 Å². The summed E-state index contributed by atoms with van der Waals surface area (Å²) in [5.74, 6) is -1.38. The average Bonchev–Trinajstić information content (AvgIpc) is 2.66. The molecule has 0 radical (unpaired) electrons. The zero-order valence-corrected chi connectivity index (χ0v) is 15.1. The van der Waals surface area contributed by atoms with E-state index in [1.807, 2.05) is 0 Å². The smallest absolute Gasteiger partial charge is 0.325 e. The first-order valence-electron chi connectivity index (χ1n) is 8.84. The Labute approximate surface area is 156 Å². The van der Waals surface area contributed by atoms with E-state index in [4.69, 9.17) is 4.74 Å². The van der Waals surface area contributed by atoms with Gasteiger partial charge in [0, 0.05) is 23.7 Å². The lowest BCUT2D eigenvalue weighted by atomic mass is 9.86. The van der Waals surface area contributed by atoms with E-state index < -0.39 is 30.0 Å². The van der Waals surface area contributed by atoms with Gasteiger partial charge in [-0.15, -0.1) is 0 Å². The summed E-state index contributed by atoms with van der Waals surface area (Å²) in [6, 6.07) is 5.24. The van der Waals surface area contributed by atoms with E-state index >= 15 is 0 Å². The minimum Gasteiger partial charge on any atom is -0.454 e. The zero-order chi connectivity index (χ0) is 19.8. The van der Waals surface area contributed by atoms with Crippen LogP contribution < -0.4 is 10.6 Å². The molecule has 146 valence electrons. The molecule has 2 atom stereocenters. The van der Waals surface area contributed by atoms with Gasteiger partial charge in [0.25, 0.3) is 17.5 Å². The second kappa shape index (κ2) is 9.65. The number of ether oxygens (including phenoxy) is 1. The van der Waals surface area contributed by atoms with Crippen molar-refractivity contribution in [3.63, 3.8) is 0 Å². The molecule has 1 fully saturated rings. The molecule has 0 aliphatic heterocycles. The minimum atomic E-state index is -0.763. The number of nitro groups is 1. The van der Waals surface area contributed by atoms with Crippen LogP contribution in [-0.4, -0.2) is 41.9 Å². The summed E-state index contributed by atoms with van der Waals surface area (Å²) < 4.78 is 4.85. The number of carbonyl (C=O) groups excluding carboxylic acids is 3. The number of carbonyl (C=O) groups is 3. The molecule has 0 unspecified atom stereocenters. The summed E-state index contributed by atoms with van der Waals surface area (Å²) >= 11 is 0. The molecule has 1 aromatic carbocycles. The lowest BCUT2D eigenvalue weighted by molar-refractivity contribution is -0.384. The van der Waals surface area contributed by atoms with Gasteiger partial charge in [0.15, 0.2) is 6.61 Å². The Kier molecular flexibility index (Phi) is 7.27. The molecule has 2 N–H and O–H groups in total. The third-order valence-corrected chi connectivity index (χ3v) is 4.53. The lowest BCUT2D eigenvalue weighted by Crippen LogP contribution is -2.43. The van der Waals surface area contributed by atoms with Crippen molar-refractivity contribution >= 4 is 23.5 Å². The largest absolute Gasteiger partial charge is 0.454 e. The van der Waals surface area contributed by atoms with Gasteiger partial charge in [-0.2, -0.15) is 0 Å². The van der Waals surface area contributed by atoms with Crippen LogP contribution in [0.4, 0.5) is 5.69 Å². The third-order valence-electron chi connectivity index (χ3n) is 4.53. The molecule has 0 heterocycles. The fourth-order valence-electron chi connectivity index (χ4n) is 2.99. The molecule has 9 heteroatoms. The summed E-state index contributed by atoms with van der Waals surface area (Å²) in [7, 11) is 0. The highest BCUT2D eigenvalue weighted by atomic mass is 16.6. The molecule has 0 saturated heterocycles. The number of nitro benzene ring substituents is 1. The molecule has 2 amide bonds. The molecule has 2 rings (SSSR count). The van der Waals surface area contributed by atoms with Crippen LogP contribution in [0.15, 0.2) is 24.3 Å². The highest BCUT2D eigenvalue weighted by Crippen LogP contribution is 2.23. The van der Waals surface area contributed by atoms with E-state index in [0.29, 0.717) is 5.92 Å². The van der Waals surface area contributed by atoms with Crippen molar-refractivity contribution in [1.82, 2.24) is 10.6 Å². The zero-order valence-electron chi connectivity index (χ0n) is 15.1. The first-order valence-corrected chi connectivity index (χ1v) is 8.84. The van der Waals surface area contributed by atoms with Crippen LogP contribution in [0.1, 0.15) is 43.0 Å². The number of non-ortho nitro benzene ring substituents is 1. The number of nitrogens with zero attached hydrogens (tertiary/aromatic N) is 1. The molecular formula is C18H23N3O6. The normalized spacial score (nSPS) is 19.0. The maximum atomic E-state index is 11.9. The summed E-state index contributed by atoms with van der Waals surface area (Å²) in [4.78, 5) is 45.6. The predicted octanol–water partition coefficient (Wildman–Crippen LogP) is 1.56. The maximum Gasteiger partial charge on any atom is 0.325 e. The van der Waals surface area contributed by atoms with Crippen LogP contribution in [0.5, 0.6) is 0 Å². The van der Waals surface area contributed by atoms with Crippen LogP contribution in [0.25, 0.3) is 0 Å². The SMILES string of the molecule is C[C@H]1CCCC[C@@H]1NC(=O)COC(=O)CNC(=O)c1cccc([N+](=O)[O-])c1. The van der Waals surface area contributed by atoms with Crippen molar-refractivity contribution in [3.8, 4) is 0 Å². The number of rotatable bonds is 7.